The van der Waals surface area contributed by atoms with Gasteiger partial charge in [0.2, 0.25) is 0 Å². The summed E-state index contributed by atoms with van der Waals surface area (Å²) in [7, 11) is 0. The highest BCUT2D eigenvalue weighted by molar-refractivity contribution is 5.26. The Morgan fingerprint density at radius 1 is 1.62 bits per heavy atom. The van der Waals surface area contributed by atoms with Crippen molar-refractivity contribution in [2.75, 3.05) is 19.6 Å². The summed E-state index contributed by atoms with van der Waals surface area (Å²) in [4.78, 5) is 6.67. The first-order valence-corrected chi connectivity index (χ1v) is 5.58. The normalized spacial score (nSPS) is 21.6. The summed E-state index contributed by atoms with van der Waals surface area (Å²) >= 11 is 0. The molecule has 2 rings (SSSR count). The number of aromatic nitrogens is 1. The fourth-order valence-electron chi connectivity index (χ4n) is 1.97. The van der Waals surface area contributed by atoms with Crippen LogP contribution in [0.25, 0.3) is 0 Å². The Bertz CT molecular complexity index is 379. The fraction of sp³-hybridized carbons (Fsp3) is 0.500. The lowest BCUT2D eigenvalue weighted by Crippen LogP contribution is -2.48. The second-order valence-electron chi connectivity index (χ2n) is 4.24. The summed E-state index contributed by atoms with van der Waals surface area (Å²) in [5.74, 6) is 0. The lowest BCUT2D eigenvalue weighted by molar-refractivity contribution is 0.197. The molecular formula is C12H16N4. The van der Waals surface area contributed by atoms with Crippen LogP contribution in [0, 0.1) is 11.3 Å². The topological polar surface area (TPSA) is 52.0 Å². The van der Waals surface area contributed by atoms with Crippen molar-refractivity contribution in [2.24, 2.45) is 0 Å². The largest absolute Gasteiger partial charge is 0.312 e. The molecule has 0 radical (unpaired) electrons. The SMILES string of the molecule is CC1CN(Cc2ccc(C#N)cn2)CCN1. The second-order valence-corrected chi connectivity index (χ2v) is 4.24. The zero-order chi connectivity index (χ0) is 11.4. The Balaban J connectivity index is 1.95. The molecule has 1 aromatic rings. The van der Waals surface area contributed by atoms with Crippen LogP contribution in [-0.2, 0) is 6.54 Å². The van der Waals surface area contributed by atoms with Gasteiger partial charge in [-0.1, -0.05) is 0 Å². The third kappa shape index (κ3) is 2.78. The standard InChI is InChI=1S/C12H16N4/c1-10-8-16(5-4-14-10)9-12-3-2-11(6-13)7-15-12/h2-3,7,10,14H,4-5,8-9H2,1H3. The molecule has 4 heteroatoms. The van der Waals surface area contributed by atoms with Crippen LogP contribution in [0.1, 0.15) is 18.2 Å². The van der Waals surface area contributed by atoms with Gasteiger partial charge in [-0.2, -0.15) is 5.26 Å². The van der Waals surface area contributed by atoms with Crippen molar-refractivity contribution in [1.82, 2.24) is 15.2 Å². The minimum atomic E-state index is 0.548. The predicted octanol–water partition coefficient (Wildman–Crippen LogP) is 0.747. The summed E-state index contributed by atoms with van der Waals surface area (Å²) < 4.78 is 0. The van der Waals surface area contributed by atoms with E-state index in [1.165, 1.54) is 0 Å². The highest BCUT2D eigenvalue weighted by Gasteiger charge is 2.15. The van der Waals surface area contributed by atoms with Gasteiger partial charge in [-0.15, -0.1) is 0 Å². The highest BCUT2D eigenvalue weighted by Crippen LogP contribution is 2.06. The summed E-state index contributed by atoms with van der Waals surface area (Å²) in [6.45, 7) is 6.22. The van der Waals surface area contributed by atoms with Crippen LogP contribution in [0.5, 0.6) is 0 Å². The molecule has 4 nitrogen and oxygen atoms in total. The van der Waals surface area contributed by atoms with Gasteiger partial charge in [0, 0.05) is 38.4 Å². The Hall–Kier alpha value is -1.44. The van der Waals surface area contributed by atoms with E-state index in [-0.39, 0.29) is 0 Å². The van der Waals surface area contributed by atoms with Crippen molar-refractivity contribution in [3.05, 3.63) is 29.6 Å². The van der Waals surface area contributed by atoms with Crippen LogP contribution in [-0.4, -0.2) is 35.6 Å². The summed E-state index contributed by atoms with van der Waals surface area (Å²) in [5, 5.41) is 12.1. The molecule has 2 heterocycles. The zero-order valence-corrected chi connectivity index (χ0v) is 9.48. The third-order valence-corrected chi connectivity index (χ3v) is 2.79. The first-order chi connectivity index (χ1) is 7.78. The van der Waals surface area contributed by atoms with Crippen LogP contribution < -0.4 is 5.32 Å². The van der Waals surface area contributed by atoms with E-state index in [1.54, 1.807) is 6.20 Å². The average Bonchev–Trinajstić information content (AvgIpc) is 2.30. The maximum atomic E-state index is 8.68. The van der Waals surface area contributed by atoms with Crippen LogP contribution >= 0.6 is 0 Å². The lowest BCUT2D eigenvalue weighted by Gasteiger charge is -2.31. The first-order valence-electron chi connectivity index (χ1n) is 5.58. The lowest BCUT2D eigenvalue weighted by atomic mass is 10.2. The van der Waals surface area contributed by atoms with Gasteiger partial charge >= 0.3 is 0 Å². The van der Waals surface area contributed by atoms with E-state index >= 15 is 0 Å². The Morgan fingerprint density at radius 3 is 3.12 bits per heavy atom. The van der Waals surface area contributed by atoms with Crippen molar-refractivity contribution in [1.29, 1.82) is 5.26 Å². The van der Waals surface area contributed by atoms with E-state index in [9.17, 15) is 0 Å². The van der Waals surface area contributed by atoms with Crippen LogP contribution in [0.2, 0.25) is 0 Å². The fourth-order valence-corrected chi connectivity index (χ4v) is 1.97. The van der Waals surface area contributed by atoms with Gasteiger partial charge in [0.15, 0.2) is 0 Å². The molecule has 1 atom stereocenters. The van der Waals surface area contributed by atoms with Gasteiger partial charge in [0.25, 0.3) is 0 Å². The Morgan fingerprint density at radius 2 is 2.50 bits per heavy atom. The van der Waals surface area contributed by atoms with Crippen LogP contribution in [0.4, 0.5) is 0 Å². The molecule has 0 spiro atoms. The van der Waals surface area contributed by atoms with Gasteiger partial charge in [-0.3, -0.25) is 9.88 Å². The molecule has 1 saturated heterocycles. The van der Waals surface area contributed by atoms with Crippen molar-refractivity contribution in [2.45, 2.75) is 19.5 Å². The number of pyridine rings is 1. The number of nitriles is 1. The quantitative estimate of drug-likeness (QED) is 0.792. The van der Waals surface area contributed by atoms with E-state index in [0.29, 0.717) is 11.6 Å². The van der Waals surface area contributed by atoms with Crippen LogP contribution in [0.15, 0.2) is 18.3 Å². The minimum absolute atomic E-state index is 0.548. The predicted molar refractivity (Wildman–Crippen MR) is 61.7 cm³/mol. The summed E-state index contributed by atoms with van der Waals surface area (Å²) in [5.41, 5.74) is 1.66. The third-order valence-electron chi connectivity index (χ3n) is 2.79. The molecule has 0 aliphatic carbocycles. The number of rotatable bonds is 2. The van der Waals surface area contributed by atoms with Crippen molar-refractivity contribution in [3.63, 3.8) is 0 Å². The molecule has 0 saturated carbocycles. The number of piperazine rings is 1. The van der Waals surface area contributed by atoms with Crippen molar-refractivity contribution >= 4 is 0 Å². The molecule has 84 valence electrons. The van der Waals surface area contributed by atoms with Gasteiger partial charge in [-0.05, 0) is 19.1 Å². The van der Waals surface area contributed by atoms with Gasteiger partial charge in [-0.25, -0.2) is 0 Å². The molecule has 0 aromatic carbocycles. The minimum Gasteiger partial charge on any atom is -0.312 e. The molecule has 16 heavy (non-hydrogen) atoms. The van der Waals surface area contributed by atoms with E-state index in [2.05, 4.69) is 28.2 Å². The van der Waals surface area contributed by atoms with Gasteiger partial charge in [0.1, 0.15) is 6.07 Å². The number of nitrogens with zero attached hydrogens (tertiary/aromatic N) is 3. The number of hydrogen-bond donors (Lipinski definition) is 1. The van der Waals surface area contributed by atoms with Crippen molar-refractivity contribution < 1.29 is 0 Å². The molecule has 1 aromatic heterocycles. The monoisotopic (exact) mass is 216 g/mol. The second kappa shape index (κ2) is 5.06. The molecule has 1 fully saturated rings. The number of nitrogens with one attached hydrogen (secondary N) is 1. The van der Waals surface area contributed by atoms with Crippen molar-refractivity contribution in [3.8, 4) is 6.07 Å². The molecule has 0 amide bonds. The Kier molecular flexibility index (Phi) is 3.50. The molecule has 0 bridgehead atoms. The maximum absolute atomic E-state index is 8.68. The molecule has 1 N–H and O–H groups in total. The summed E-state index contributed by atoms with van der Waals surface area (Å²) in [6, 6.07) is 6.39. The first kappa shape index (κ1) is 11.1. The smallest absolute Gasteiger partial charge is 0.101 e. The molecule has 1 aliphatic heterocycles. The van der Waals surface area contributed by atoms with Gasteiger partial charge in [0.05, 0.1) is 11.3 Å². The molecule has 1 unspecified atom stereocenters. The van der Waals surface area contributed by atoms with E-state index in [0.717, 1.165) is 31.9 Å². The zero-order valence-electron chi connectivity index (χ0n) is 9.48. The maximum Gasteiger partial charge on any atom is 0.101 e. The number of hydrogen-bond acceptors (Lipinski definition) is 4. The van der Waals surface area contributed by atoms with Crippen LogP contribution in [0.3, 0.4) is 0 Å². The van der Waals surface area contributed by atoms with E-state index in [1.807, 2.05) is 12.1 Å². The highest BCUT2D eigenvalue weighted by atomic mass is 15.2. The average molecular weight is 216 g/mol. The molecule has 1 aliphatic rings. The van der Waals surface area contributed by atoms with Gasteiger partial charge < -0.3 is 5.32 Å². The van der Waals surface area contributed by atoms with E-state index < -0.39 is 0 Å². The van der Waals surface area contributed by atoms with E-state index in [4.69, 9.17) is 5.26 Å². The molecular weight excluding hydrogens is 200 g/mol. The summed E-state index contributed by atoms with van der Waals surface area (Å²) in [6.07, 6.45) is 1.64. The Labute approximate surface area is 95.9 Å².